The average molecular weight is 282 g/mol. The SMILES string of the molecule is CCC1CN(CCSc2ccccc2F)CCC1N. The van der Waals surface area contributed by atoms with E-state index in [1.807, 2.05) is 12.1 Å². The van der Waals surface area contributed by atoms with Crippen LogP contribution in [0.5, 0.6) is 0 Å². The van der Waals surface area contributed by atoms with E-state index in [0.29, 0.717) is 12.0 Å². The largest absolute Gasteiger partial charge is 0.327 e. The predicted molar refractivity (Wildman–Crippen MR) is 79.9 cm³/mol. The number of nitrogens with two attached hydrogens (primary N) is 1. The number of benzene rings is 1. The number of halogens is 1. The molecule has 0 aromatic heterocycles. The first kappa shape index (κ1) is 14.8. The summed E-state index contributed by atoms with van der Waals surface area (Å²) >= 11 is 1.60. The predicted octanol–water partition coefficient (Wildman–Crippen LogP) is 2.98. The third-order valence-electron chi connectivity index (χ3n) is 3.90. The van der Waals surface area contributed by atoms with Gasteiger partial charge in [0.2, 0.25) is 0 Å². The minimum Gasteiger partial charge on any atom is -0.327 e. The molecule has 2 N–H and O–H groups in total. The Bertz CT molecular complexity index is 399. The number of hydrogen-bond donors (Lipinski definition) is 1. The summed E-state index contributed by atoms with van der Waals surface area (Å²) in [5.74, 6) is 1.44. The molecule has 106 valence electrons. The lowest BCUT2D eigenvalue weighted by molar-refractivity contribution is 0.160. The van der Waals surface area contributed by atoms with Gasteiger partial charge in [-0.1, -0.05) is 25.5 Å². The van der Waals surface area contributed by atoms with Crippen molar-refractivity contribution in [2.45, 2.75) is 30.7 Å². The van der Waals surface area contributed by atoms with Crippen LogP contribution in [0, 0.1) is 11.7 Å². The molecule has 19 heavy (non-hydrogen) atoms. The highest BCUT2D eigenvalue weighted by atomic mass is 32.2. The summed E-state index contributed by atoms with van der Waals surface area (Å²) in [7, 11) is 0. The van der Waals surface area contributed by atoms with Gasteiger partial charge in [-0.25, -0.2) is 4.39 Å². The number of hydrogen-bond acceptors (Lipinski definition) is 3. The van der Waals surface area contributed by atoms with Gasteiger partial charge in [0.05, 0.1) is 0 Å². The van der Waals surface area contributed by atoms with E-state index in [9.17, 15) is 4.39 Å². The standard InChI is InChI=1S/C15H23FN2S/c1-2-12-11-18(8-7-14(12)17)9-10-19-15-6-4-3-5-13(15)16/h3-6,12,14H,2,7-11,17H2,1H3. The van der Waals surface area contributed by atoms with Crippen LogP contribution in [0.4, 0.5) is 4.39 Å². The first-order valence-corrected chi connectivity index (χ1v) is 8.04. The van der Waals surface area contributed by atoms with Crippen LogP contribution >= 0.6 is 11.8 Å². The molecule has 0 saturated carbocycles. The van der Waals surface area contributed by atoms with Crippen LogP contribution in [-0.2, 0) is 0 Å². The Labute approximate surface area is 119 Å². The highest BCUT2D eigenvalue weighted by Crippen LogP contribution is 2.23. The van der Waals surface area contributed by atoms with Gasteiger partial charge in [0.1, 0.15) is 5.82 Å². The molecule has 1 aromatic carbocycles. The van der Waals surface area contributed by atoms with Gasteiger partial charge in [0.15, 0.2) is 0 Å². The van der Waals surface area contributed by atoms with Gasteiger partial charge >= 0.3 is 0 Å². The molecule has 0 spiro atoms. The minimum atomic E-state index is -0.111. The number of likely N-dealkylation sites (tertiary alicyclic amines) is 1. The van der Waals surface area contributed by atoms with Crippen LogP contribution in [0.2, 0.25) is 0 Å². The van der Waals surface area contributed by atoms with Gasteiger partial charge in [0, 0.05) is 29.8 Å². The van der Waals surface area contributed by atoms with E-state index in [1.54, 1.807) is 17.8 Å². The third kappa shape index (κ3) is 4.20. The highest BCUT2D eigenvalue weighted by Gasteiger charge is 2.24. The first-order valence-electron chi connectivity index (χ1n) is 7.06. The van der Waals surface area contributed by atoms with Crippen molar-refractivity contribution in [3.8, 4) is 0 Å². The molecule has 0 aliphatic carbocycles. The summed E-state index contributed by atoms with van der Waals surface area (Å²) in [6, 6.07) is 7.35. The van der Waals surface area contributed by atoms with Crippen LogP contribution in [0.15, 0.2) is 29.2 Å². The number of piperidine rings is 1. The maximum Gasteiger partial charge on any atom is 0.136 e. The number of nitrogens with zero attached hydrogens (tertiary/aromatic N) is 1. The van der Waals surface area contributed by atoms with Crippen molar-refractivity contribution in [3.63, 3.8) is 0 Å². The Morgan fingerprint density at radius 2 is 2.21 bits per heavy atom. The molecule has 1 saturated heterocycles. The van der Waals surface area contributed by atoms with Gasteiger partial charge in [-0.3, -0.25) is 0 Å². The maximum atomic E-state index is 13.5. The Balaban J connectivity index is 1.76. The second-order valence-electron chi connectivity index (χ2n) is 5.20. The van der Waals surface area contributed by atoms with E-state index >= 15 is 0 Å². The van der Waals surface area contributed by atoms with Crippen LogP contribution in [0.25, 0.3) is 0 Å². The summed E-state index contributed by atoms with van der Waals surface area (Å²) in [6.45, 7) is 5.40. The summed E-state index contributed by atoms with van der Waals surface area (Å²) in [5.41, 5.74) is 6.11. The summed E-state index contributed by atoms with van der Waals surface area (Å²) in [4.78, 5) is 3.22. The van der Waals surface area contributed by atoms with Crippen LogP contribution in [-0.4, -0.2) is 36.3 Å². The molecule has 2 rings (SSSR count). The lowest BCUT2D eigenvalue weighted by Crippen LogP contribution is -2.47. The number of thioether (sulfide) groups is 1. The smallest absolute Gasteiger partial charge is 0.136 e. The summed E-state index contributed by atoms with van der Waals surface area (Å²) in [6.07, 6.45) is 2.24. The topological polar surface area (TPSA) is 29.3 Å². The molecule has 1 heterocycles. The molecule has 1 aromatic rings. The molecule has 1 fully saturated rings. The van der Waals surface area contributed by atoms with Gasteiger partial charge in [-0.15, -0.1) is 11.8 Å². The van der Waals surface area contributed by atoms with Crippen molar-refractivity contribution in [1.82, 2.24) is 4.90 Å². The molecule has 2 atom stereocenters. The fraction of sp³-hybridized carbons (Fsp3) is 0.600. The van der Waals surface area contributed by atoms with E-state index in [0.717, 1.165) is 43.1 Å². The Morgan fingerprint density at radius 1 is 1.42 bits per heavy atom. The van der Waals surface area contributed by atoms with Crippen molar-refractivity contribution in [2.75, 3.05) is 25.4 Å². The molecule has 1 aliphatic rings. The Kier molecular flexibility index (Phi) is 5.67. The number of rotatable bonds is 5. The van der Waals surface area contributed by atoms with Gasteiger partial charge in [0.25, 0.3) is 0 Å². The first-order chi connectivity index (χ1) is 9.20. The quantitative estimate of drug-likeness (QED) is 0.842. The molecule has 2 unspecified atom stereocenters. The van der Waals surface area contributed by atoms with E-state index in [-0.39, 0.29) is 5.82 Å². The Hall–Kier alpha value is -0.580. The molecular formula is C15H23FN2S. The maximum absolute atomic E-state index is 13.5. The monoisotopic (exact) mass is 282 g/mol. The molecule has 2 nitrogen and oxygen atoms in total. The van der Waals surface area contributed by atoms with E-state index in [4.69, 9.17) is 5.73 Å². The second kappa shape index (κ2) is 7.27. The molecule has 0 radical (unpaired) electrons. The fourth-order valence-electron chi connectivity index (χ4n) is 2.61. The van der Waals surface area contributed by atoms with Gasteiger partial charge in [-0.05, 0) is 31.0 Å². The molecular weight excluding hydrogens is 259 g/mol. The van der Waals surface area contributed by atoms with E-state index in [1.165, 1.54) is 6.07 Å². The van der Waals surface area contributed by atoms with E-state index < -0.39 is 0 Å². The van der Waals surface area contributed by atoms with Crippen molar-refractivity contribution in [1.29, 1.82) is 0 Å². The Morgan fingerprint density at radius 3 is 2.95 bits per heavy atom. The zero-order valence-electron chi connectivity index (χ0n) is 11.5. The summed E-state index contributed by atoms with van der Waals surface area (Å²) in [5, 5.41) is 0. The lowest BCUT2D eigenvalue weighted by atomic mass is 9.91. The minimum absolute atomic E-state index is 0.111. The second-order valence-corrected chi connectivity index (χ2v) is 6.34. The molecule has 0 bridgehead atoms. The third-order valence-corrected chi connectivity index (χ3v) is 4.93. The fourth-order valence-corrected chi connectivity index (χ4v) is 3.56. The zero-order valence-corrected chi connectivity index (χ0v) is 12.3. The molecule has 0 amide bonds. The van der Waals surface area contributed by atoms with Crippen LogP contribution in [0.1, 0.15) is 19.8 Å². The van der Waals surface area contributed by atoms with Crippen molar-refractivity contribution < 1.29 is 4.39 Å². The average Bonchev–Trinajstić information content (AvgIpc) is 2.43. The van der Waals surface area contributed by atoms with Gasteiger partial charge in [-0.2, -0.15) is 0 Å². The summed E-state index contributed by atoms with van der Waals surface area (Å²) < 4.78 is 13.5. The van der Waals surface area contributed by atoms with Gasteiger partial charge < -0.3 is 10.6 Å². The molecule has 1 aliphatic heterocycles. The van der Waals surface area contributed by atoms with Crippen molar-refractivity contribution >= 4 is 11.8 Å². The lowest BCUT2D eigenvalue weighted by Gasteiger charge is -2.36. The van der Waals surface area contributed by atoms with Crippen LogP contribution < -0.4 is 5.73 Å². The zero-order chi connectivity index (χ0) is 13.7. The highest BCUT2D eigenvalue weighted by molar-refractivity contribution is 7.99. The normalized spacial score (nSPS) is 24.6. The van der Waals surface area contributed by atoms with Crippen molar-refractivity contribution in [2.24, 2.45) is 11.7 Å². The van der Waals surface area contributed by atoms with Crippen LogP contribution in [0.3, 0.4) is 0 Å². The molecule has 4 heteroatoms. The van der Waals surface area contributed by atoms with E-state index in [2.05, 4.69) is 11.8 Å². The van der Waals surface area contributed by atoms with Crippen molar-refractivity contribution in [3.05, 3.63) is 30.1 Å².